The first-order valence-corrected chi connectivity index (χ1v) is 16.3. The van der Waals surface area contributed by atoms with Crippen LogP contribution in [0.2, 0.25) is 0 Å². The van der Waals surface area contributed by atoms with Crippen LogP contribution in [0.4, 0.5) is 0 Å². The van der Waals surface area contributed by atoms with Gasteiger partial charge in [0.1, 0.15) is 11.5 Å². The normalized spacial score (nSPS) is 14.9. The van der Waals surface area contributed by atoms with Gasteiger partial charge in [-0.3, -0.25) is 0 Å². The van der Waals surface area contributed by atoms with Gasteiger partial charge in [0.25, 0.3) is 0 Å². The number of carbonyl (C=O) groups excluding carboxylic acids is 1. The lowest BCUT2D eigenvalue weighted by atomic mass is 9.67. The molecule has 7 aromatic carbocycles. The number of rotatable bonds is 9. The molecule has 0 spiro atoms. The number of hydrogen-bond donors (Lipinski definition) is 0. The fourth-order valence-electron chi connectivity index (χ4n) is 7.29. The third kappa shape index (κ3) is 4.93. The Morgan fingerprint density at radius 2 is 1.21 bits per heavy atom. The molecule has 0 radical (unpaired) electrons. The van der Waals surface area contributed by atoms with Gasteiger partial charge in [0, 0.05) is 6.08 Å². The van der Waals surface area contributed by atoms with Gasteiger partial charge in [-0.05, 0) is 121 Å². The molecule has 1 aliphatic rings. The first-order chi connectivity index (χ1) is 23.6. The summed E-state index contributed by atoms with van der Waals surface area (Å²) in [6.07, 6.45) is 2.13. The van der Waals surface area contributed by atoms with Crippen molar-refractivity contribution in [3.63, 3.8) is 0 Å². The highest BCUT2D eigenvalue weighted by molar-refractivity contribution is 5.97. The van der Waals surface area contributed by atoms with Crippen LogP contribution in [0.15, 0.2) is 146 Å². The molecule has 8 rings (SSSR count). The molecular formula is C44H34O4. The molecule has 4 nitrogen and oxygen atoms in total. The highest BCUT2D eigenvalue weighted by Crippen LogP contribution is 2.57. The Morgan fingerprint density at radius 3 is 1.92 bits per heavy atom. The van der Waals surface area contributed by atoms with Gasteiger partial charge in [-0.2, -0.15) is 0 Å². The fourth-order valence-corrected chi connectivity index (χ4v) is 7.29. The van der Waals surface area contributed by atoms with Crippen LogP contribution in [-0.2, 0) is 14.9 Å². The predicted octanol–water partition coefficient (Wildman–Crippen LogP) is 10.4. The maximum Gasteiger partial charge on any atom is 0.335 e. The smallest absolute Gasteiger partial charge is 0.335 e. The first kappa shape index (κ1) is 29.7. The van der Waals surface area contributed by atoms with Gasteiger partial charge < -0.3 is 14.2 Å². The van der Waals surface area contributed by atoms with E-state index in [-0.39, 0.29) is 6.79 Å². The third-order valence-corrected chi connectivity index (χ3v) is 9.44. The van der Waals surface area contributed by atoms with E-state index in [4.69, 9.17) is 14.2 Å². The monoisotopic (exact) mass is 626 g/mol. The molecule has 0 N–H and O–H groups in total. The molecule has 0 amide bonds. The molecule has 7 aromatic rings. The quantitative estimate of drug-likeness (QED) is 0.0526. The number of benzene rings is 7. The number of carbonyl (C=O) groups is 1. The Hall–Kier alpha value is -5.71. The molecule has 0 aromatic heterocycles. The molecule has 0 heterocycles. The lowest BCUT2D eigenvalue weighted by Crippen LogP contribution is -2.28. The van der Waals surface area contributed by atoms with Crippen LogP contribution in [0.3, 0.4) is 0 Å². The summed E-state index contributed by atoms with van der Waals surface area (Å²) in [5.74, 6) is 0.806. The van der Waals surface area contributed by atoms with Gasteiger partial charge in [-0.25, -0.2) is 4.79 Å². The summed E-state index contributed by atoms with van der Waals surface area (Å²) in [5.41, 5.74) is 6.75. The second kappa shape index (κ2) is 12.1. The SMILES string of the molecule is C=CC(=O)Oc1ccc2cc(C3(c4ccc5cc(OCOCCC)ccc5c4)c4ccccc4-c4cc5ccccc5cc43)ccc2c1. The molecule has 1 unspecified atom stereocenters. The van der Waals surface area contributed by atoms with Crippen LogP contribution in [-0.4, -0.2) is 19.4 Å². The zero-order chi connectivity index (χ0) is 32.7. The Kier molecular flexibility index (Phi) is 7.51. The van der Waals surface area contributed by atoms with Crippen molar-refractivity contribution >= 4 is 38.3 Å². The average Bonchev–Trinajstić information content (AvgIpc) is 3.41. The molecule has 48 heavy (non-hydrogen) atoms. The van der Waals surface area contributed by atoms with E-state index < -0.39 is 11.4 Å². The zero-order valence-corrected chi connectivity index (χ0v) is 26.7. The number of ether oxygens (including phenoxy) is 3. The molecular weight excluding hydrogens is 592 g/mol. The van der Waals surface area contributed by atoms with Crippen LogP contribution in [0.25, 0.3) is 43.4 Å². The highest BCUT2D eigenvalue weighted by atomic mass is 16.7. The predicted molar refractivity (Wildman–Crippen MR) is 194 cm³/mol. The molecule has 0 saturated heterocycles. The van der Waals surface area contributed by atoms with Crippen LogP contribution < -0.4 is 9.47 Å². The molecule has 1 atom stereocenters. The average molecular weight is 627 g/mol. The molecule has 0 fully saturated rings. The van der Waals surface area contributed by atoms with Crippen LogP contribution in [0, 0.1) is 0 Å². The van der Waals surface area contributed by atoms with Crippen LogP contribution in [0.5, 0.6) is 11.5 Å². The van der Waals surface area contributed by atoms with Gasteiger partial charge in [0.15, 0.2) is 6.79 Å². The van der Waals surface area contributed by atoms with Crippen molar-refractivity contribution in [1.29, 1.82) is 0 Å². The summed E-state index contributed by atoms with van der Waals surface area (Å²) in [4.78, 5) is 11.9. The second-order valence-corrected chi connectivity index (χ2v) is 12.3. The van der Waals surface area contributed by atoms with Crippen molar-refractivity contribution in [3.05, 3.63) is 168 Å². The molecule has 0 bridgehead atoms. The molecule has 4 heteroatoms. The summed E-state index contributed by atoms with van der Waals surface area (Å²) in [6, 6.07) is 47.6. The van der Waals surface area contributed by atoms with Crippen molar-refractivity contribution in [3.8, 4) is 22.6 Å². The van der Waals surface area contributed by atoms with Gasteiger partial charge in [-0.15, -0.1) is 0 Å². The largest absolute Gasteiger partial charge is 0.468 e. The van der Waals surface area contributed by atoms with Crippen molar-refractivity contribution in [2.24, 2.45) is 0 Å². The standard InChI is InChI=1S/C44H34O4/c1-3-21-46-28-47-37-19-15-31-22-35(17-13-33(31)24-37)44(36-18-14-34-25-38(48-43(45)4-2)20-16-32(34)23-36)41-12-8-7-11-39(41)40-26-29-9-5-6-10-30(29)27-42(40)44/h4-20,22-27H,2-3,21,28H2,1H3. The Morgan fingerprint density at radius 1 is 0.625 bits per heavy atom. The van der Waals surface area contributed by atoms with E-state index in [2.05, 4.69) is 123 Å². The molecule has 0 saturated carbocycles. The second-order valence-electron chi connectivity index (χ2n) is 12.3. The van der Waals surface area contributed by atoms with E-state index in [0.717, 1.165) is 33.7 Å². The first-order valence-electron chi connectivity index (χ1n) is 16.3. The topological polar surface area (TPSA) is 44.8 Å². The minimum absolute atomic E-state index is 0.238. The summed E-state index contributed by atoms with van der Waals surface area (Å²) in [7, 11) is 0. The van der Waals surface area contributed by atoms with Crippen molar-refractivity contribution < 1.29 is 19.0 Å². The molecule has 1 aliphatic carbocycles. The van der Waals surface area contributed by atoms with Crippen LogP contribution >= 0.6 is 0 Å². The van der Waals surface area contributed by atoms with Gasteiger partial charge in [-0.1, -0.05) is 98.4 Å². The minimum Gasteiger partial charge on any atom is -0.468 e. The van der Waals surface area contributed by atoms with Gasteiger partial charge >= 0.3 is 5.97 Å². The number of hydrogen-bond acceptors (Lipinski definition) is 4. The lowest BCUT2D eigenvalue weighted by molar-refractivity contribution is -0.128. The van der Waals surface area contributed by atoms with Crippen molar-refractivity contribution in [2.45, 2.75) is 18.8 Å². The lowest BCUT2D eigenvalue weighted by Gasteiger charge is -2.34. The van der Waals surface area contributed by atoms with Gasteiger partial charge in [0.05, 0.1) is 12.0 Å². The summed E-state index contributed by atoms with van der Waals surface area (Å²) < 4.78 is 16.9. The Bertz CT molecular complexity index is 2370. The van der Waals surface area contributed by atoms with E-state index in [1.54, 1.807) is 0 Å². The van der Waals surface area contributed by atoms with Crippen LogP contribution in [0.1, 0.15) is 35.6 Å². The summed E-state index contributed by atoms with van der Waals surface area (Å²) in [6.45, 7) is 6.52. The number of esters is 1. The third-order valence-electron chi connectivity index (χ3n) is 9.44. The van der Waals surface area contributed by atoms with E-state index >= 15 is 0 Å². The fraction of sp³-hybridized carbons (Fsp3) is 0.114. The van der Waals surface area contributed by atoms with E-state index in [1.165, 1.54) is 50.2 Å². The van der Waals surface area contributed by atoms with Crippen molar-refractivity contribution in [2.75, 3.05) is 13.4 Å². The van der Waals surface area contributed by atoms with Crippen molar-refractivity contribution in [1.82, 2.24) is 0 Å². The maximum atomic E-state index is 11.9. The summed E-state index contributed by atoms with van der Waals surface area (Å²) in [5, 5.41) is 6.71. The van der Waals surface area contributed by atoms with E-state index in [0.29, 0.717) is 12.4 Å². The minimum atomic E-state index is -0.588. The molecule has 0 aliphatic heterocycles. The van der Waals surface area contributed by atoms with Gasteiger partial charge in [0.2, 0.25) is 0 Å². The maximum absolute atomic E-state index is 11.9. The summed E-state index contributed by atoms with van der Waals surface area (Å²) >= 11 is 0. The number of fused-ring (bicyclic) bond motifs is 6. The Balaban J connectivity index is 1.35. The Labute approximate surface area is 279 Å². The van der Waals surface area contributed by atoms with E-state index in [9.17, 15) is 4.79 Å². The van der Waals surface area contributed by atoms with E-state index in [1.807, 2.05) is 24.3 Å². The zero-order valence-electron chi connectivity index (χ0n) is 26.7. The molecule has 234 valence electrons. The highest BCUT2D eigenvalue weighted by Gasteiger charge is 2.46.